The van der Waals surface area contributed by atoms with E-state index in [-0.39, 0.29) is 17.1 Å². The van der Waals surface area contributed by atoms with E-state index in [4.69, 9.17) is 10.5 Å². The highest BCUT2D eigenvalue weighted by Crippen LogP contribution is 2.37. The fraction of sp³-hybridized carbons (Fsp3) is 0.500. The van der Waals surface area contributed by atoms with Crippen LogP contribution in [0.5, 0.6) is 5.75 Å². The van der Waals surface area contributed by atoms with Gasteiger partial charge in [-0.25, -0.2) is 4.39 Å². The molecule has 0 unspecified atom stereocenters. The summed E-state index contributed by atoms with van der Waals surface area (Å²) in [4.78, 5) is 0. The first-order valence-corrected chi connectivity index (χ1v) is 5.29. The molecule has 0 saturated heterocycles. The van der Waals surface area contributed by atoms with Crippen LogP contribution in [0.4, 0.5) is 4.39 Å². The van der Waals surface area contributed by atoms with Crippen molar-refractivity contribution in [1.82, 2.24) is 0 Å². The minimum Gasteiger partial charge on any atom is -0.494 e. The van der Waals surface area contributed by atoms with E-state index in [1.807, 2.05) is 0 Å². The van der Waals surface area contributed by atoms with Crippen LogP contribution in [0, 0.1) is 5.82 Å². The molecule has 1 fully saturated rings. The molecule has 0 atom stereocenters. The van der Waals surface area contributed by atoms with Crippen molar-refractivity contribution >= 4 is 0 Å². The van der Waals surface area contributed by atoms with Gasteiger partial charge in [-0.3, -0.25) is 0 Å². The average molecular weight is 209 g/mol. The molecule has 0 heterocycles. The lowest BCUT2D eigenvalue weighted by Gasteiger charge is -2.24. The van der Waals surface area contributed by atoms with Crippen molar-refractivity contribution in [3.8, 4) is 5.75 Å². The maximum atomic E-state index is 13.2. The lowest BCUT2D eigenvalue weighted by Crippen LogP contribution is -2.33. The van der Waals surface area contributed by atoms with Gasteiger partial charge in [0.05, 0.1) is 7.11 Å². The Balaban J connectivity index is 2.36. The fourth-order valence-corrected chi connectivity index (χ4v) is 2.26. The molecular formula is C12H16FNO. The van der Waals surface area contributed by atoms with E-state index in [0.29, 0.717) is 0 Å². The van der Waals surface area contributed by atoms with Gasteiger partial charge in [0.15, 0.2) is 11.6 Å². The number of hydrogen-bond donors (Lipinski definition) is 1. The van der Waals surface area contributed by atoms with Crippen molar-refractivity contribution in [3.05, 3.63) is 29.6 Å². The van der Waals surface area contributed by atoms with Crippen molar-refractivity contribution in [1.29, 1.82) is 0 Å². The Morgan fingerprint density at radius 1 is 1.33 bits per heavy atom. The predicted octanol–water partition coefficient (Wildman–Crippen LogP) is 2.56. The van der Waals surface area contributed by atoms with Gasteiger partial charge in [0, 0.05) is 5.54 Å². The Morgan fingerprint density at radius 3 is 2.60 bits per heavy atom. The second kappa shape index (κ2) is 3.81. The molecule has 0 aliphatic heterocycles. The Bertz CT molecular complexity index is 359. The molecule has 1 aliphatic rings. The number of methoxy groups -OCH3 is 1. The van der Waals surface area contributed by atoms with E-state index in [2.05, 4.69) is 0 Å². The molecule has 1 saturated carbocycles. The van der Waals surface area contributed by atoms with Crippen molar-refractivity contribution in [3.63, 3.8) is 0 Å². The quantitative estimate of drug-likeness (QED) is 0.812. The highest BCUT2D eigenvalue weighted by Gasteiger charge is 2.31. The molecule has 0 spiro atoms. The number of hydrogen-bond acceptors (Lipinski definition) is 2. The zero-order chi connectivity index (χ0) is 10.9. The van der Waals surface area contributed by atoms with Crippen molar-refractivity contribution in [2.45, 2.75) is 31.2 Å². The van der Waals surface area contributed by atoms with Crippen molar-refractivity contribution < 1.29 is 9.13 Å². The lowest BCUT2D eigenvalue weighted by molar-refractivity contribution is 0.381. The number of rotatable bonds is 2. The molecule has 3 heteroatoms. The monoisotopic (exact) mass is 209 g/mol. The maximum Gasteiger partial charge on any atom is 0.165 e. The highest BCUT2D eigenvalue weighted by molar-refractivity contribution is 5.35. The van der Waals surface area contributed by atoms with Crippen LogP contribution < -0.4 is 10.5 Å². The summed E-state index contributed by atoms with van der Waals surface area (Å²) in [5, 5.41) is 0. The molecule has 1 aliphatic carbocycles. The number of nitrogens with two attached hydrogens (primary N) is 1. The third-order valence-electron chi connectivity index (χ3n) is 3.22. The van der Waals surface area contributed by atoms with Crippen LogP contribution in [0.1, 0.15) is 31.2 Å². The summed E-state index contributed by atoms with van der Waals surface area (Å²) >= 11 is 0. The van der Waals surface area contributed by atoms with Gasteiger partial charge in [0.25, 0.3) is 0 Å². The number of benzene rings is 1. The van der Waals surface area contributed by atoms with Crippen LogP contribution >= 0.6 is 0 Å². The van der Waals surface area contributed by atoms with E-state index < -0.39 is 0 Å². The number of ether oxygens (including phenoxy) is 1. The summed E-state index contributed by atoms with van der Waals surface area (Å²) in [7, 11) is 1.47. The highest BCUT2D eigenvalue weighted by atomic mass is 19.1. The standard InChI is InChI=1S/C12H16FNO/c1-15-11-8-9(4-5-10(11)13)12(14)6-2-3-7-12/h4-5,8H,2-3,6-7,14H2,1H3. The molecule has 2 N–H and O–H groups in total. The molecule has 0 aromatic heterocycles. The zero-order valence-electron chi connectivity index (χ0n) is 8.92. The van der Waals surface area contributed by atoms with Crippen LogP contribution in [0.3, 0.4) is 0 Å². The van der Waals surface area contributed by atoms with Crippen LogP contribution in [-0.2, 0) is 5.54 Å². The van der Waals surface area contributed by atoms with Gasteiger partial charge in [-0.05, 0) is 30.5 Å². The van der Waals surface area contributed by atoms with E-state index in [0.717, 1.165) is 31.2 Å². The normalized spacial score (nSPS) is 19.1. The summed E-state index contributed by atoms with van der Waals surface area (Å²) in [5.41, 5.74) is 6.98. The summed E-state index contributed by atoms with van der Waals surface area (Å²) in [5.74, 6) is -0.0490. The summed E-state index contributed by atoms with van der Waals surface area (Å²) in [6.45, 7) is 0. The van der Waals surface area contributed by atoms with Crippen molar-refractivity contribution in [2.75, 3.05) is 7.11 Å². The minimum absolute atomic E-state index is 0.277. The molecule has 1 aromatic carbocycles. The summed E-state index contributed by atoms with van der Waals surface area (Å²) in [6, 6.07) is 4.92. The van der Waals surface area contributed by atoms with Gasteiger partial charge in [-0.1, -0.05) is 18.9 Å². The van der Waals surface area contributed by atoms with Crippen LogP contribution in [-0.4, -0.2) is 7.11 Å². The zero-order valence-corrected chi connectivity index (χ0v) is 8.92. The smallest absolute Gasteiger partial charge is 0.165 e. The van der Waals surface area contributed by atoms with Crippen molar-refractivity contribution in [2.24, 2.45) is 5.73 Å². The lowest BCUT2D eigenvalue weighted by atomic mass is 9.89. The largest absolute Gasteiger partial charge is 0.494 e. The third-order valence-corrected chi connectivity index (χ3v) is 3.22. The van der Waals surface area contributed by atoms with Gasteiger partial charge in [0.1, 0.15) is 0 Å². The van der Waals surface area contributed by atoms with Gasteiger partial charge >= 0.3 is 0 Å². The fourth-order valence-electron chi connectivity index (χ4n) is 2.26. The van der Waals surface area contributed by atoms with Gasteiger partial charge in [-0.2, -0.15) is 0 Å². The second-order valence-corrected chi connectivity index (χ2v) is 4.21. The Labute approximate surface area is 89.2 Å². The van der Waals surface area contributed by atoms with Crippen LogP contribution in [0.25, 0.3) is 0 Å². The molecule has 0 bridgehead atoms. The molecule has 2 nitrogen and oxygen atoms in total. The predicted molar refractivity (Wildman–Crippen MR) is 57.3 cm³/mol. The van der Waals surface area contributed by atoms with Crippen LogP contribution in [0.15, 0.2) is 18.2 Å². The Morgan fingerprint density at radius 2 is 2.00 bits per heavy atom. The number of halogens is 1. The SMILES string of the molecule is COc1cc(C2(N)CCCC2)ccc1F. The molecule has 2 rings (SSSR count). The van der Waals surface area contributed by atoms with E-state index in [9.17, 15) is 4.39 Å². The molecule has 0 amide bonds. The van der Waals surface area contributed by atoms with Crippen LogP contribution in [0.2, 0.25) is 0 Å². The first kappa shape index (κ1) is 10.4. The Hall–Kier alpha value is -1.09. The Kier molecular flexibility index (Phi) is 2.65. The first-order valence-electron chi connectivity index (χ1n) is 5.29. The van der Waals surface area contributed by atoms with Gasteiger partial charge in [-0.15, -0.1) is 0 Å². The molecule has 0 radical (unpaired) electrons. The summed E-state index contributed by atoms with van der Waals surface area (Å²) < 4.78 is 18.2. The minimum atomic E-state index is -0.331. The van der Waals surface area contributed by atoms with Gasteiger partial charge in [0.2, 0.25) is 0 Å². The molecule has 15 heavy (non-hydrogen) atoms. The second-order valence-electron chi connectivity index (χ2n) is 4.21. The maximum absolute atomic E-state index is 13.2. The topological polar surface area (TPSA) is 35.2 Å². The summed E-state index contributed by atoms with van der Waals surface area (Å²) in [6.07, 6.45) is 4.25. The molecule has 1 aromatic rings. The van der Waals surface area contributed by atoms with Gasteiger partial charge < -0.3 is 10.5 Å². The van der Waals surface area contributed by atoms with E-state index in [1.165, 1.54) is 13.2 Å². The third kappa shape index (κ3) is 1.84. The first-order chi connectivity index (χ1) is 7.15. The van der Waals surface area contributed by atoms with E-state index >= 15 is 0 Å². The molecular weight excluding hydrogens is 193 g/mol. The van der Waals surface area contributed by atoms with E-state index in [1.54, 1.807) is 12.1 Å². The average Bonchev–Trinajstić information content (AvgIpc) is 2.67. The molecule has 82 valence electrons.